The number of hydrogen-bond acceptors (Lipinski definition) is 1. The Hall–Kier alpha value is -1.44. The van der Waals surface area contributed by atoms with Gasteiger partial charge in [0.05, 0.1) is 6.61 Å². The molecule has 0 saturated heterocycles. The Morgan fingerprint density at radius 3 is 3.14 bits per heavy atom. The Labute approximate surface area is 83.1 Å². The van der Waals surface area contributed by atoms with Gasteiger partial charge >= 0.3 is 0 Å². The van der Waals surface area contributed by atoms with Crippen molar-refractivity contribution in [3.8, 4) is 5.75 Å². The first-order valence-electron chi connectivity index (χ1n) is 5.06. The highest BCUT2D eigenvalue weighted by Gasteiger charge is 2.14. The van der Waals surface area contributed by atoms with Gasteiger partial charge in [0.15, 0.2) is 0 Å². The third-order valence-electron chi connectivity index (χ3n) is 2.96. The largest absolute Gasteiger partial charge is 0.493 e. The quantitative estimate of drug-likeness (QED) is 0.618. The molecule has 2 heterocycles. The summed E-state index contributed by atoms with van der Waals surface area (Å²) in [5, 5.41) is 1.35. The van der Waals surface area contributed by atoms with Crippen molar-refractivity contribution in [3.05, 3.63) is 30.0 Å². The van der Waals surface area contributed by atoms with Crippen LogP contribution in [0.25, 0.3) is 10.9 Å². The lowest BCUT2D eigenvalue weighted by molar-refractivity contribution is 0.289. The summed E-state index contributed by atoms with van der Waals surface area (Å²) >= 11 is 0. The van der Waals surface area contributed by atoms with Crippen LogP contribution < -0.4 is 4.74 Å². The van der Waals surface area contributed by atoms with Gasteiger partial charge in [0.2, 0.25) is 0 Å². The van der Waals surface area contributed by atoms with Crippen molar-refractivity contribution in [2.24, 2.45) is 7.05 Å². The predicted molar refractivity (Wildman–Crippen MR) is 56.7 cm³/mol. The first kappa shape index (κ1) is 7.92. The molecule has 0 atom stereocenters. The fourth-order valence-electron chi connectivity index (χ4n) is 2.22. The van der Waals surface area contributed by atoms with Crippen molar-refractivity contribution >= 4 is 10.9 Å². The molecule has 3 rings (SSSR count). The van der Waals surface area contributed by atoms with Gasteiger partial charge in [-0.1, -0.05) is 0 Å². The summed E-state index contributed by atoms with van der Waals surface area (Å²) < 4.78 is 7.79. The zero-order chi connectivity index (χ0) is 9.54. The fraction of sp³-hybridized carbons (Fsp3) is 0.333. The predicted octanol–water partition coefficient (Wildman–Crippen LogP) is 2.50. The van der Waals surface area contributed by atoms with E-state index < -0.39 is 0 Å². The lowest BCUT2D eigenvalue weighted by Crippen LogP contribution is -2.08. The van der Waals surface area contributed by atoms with E-state index in [0.29, 0.717) is 0 Å². The van der Waals surface area contributed by atoms with E-state index in [2.05, 4.69) is 36.0 Å². The standard InChI is InChI=1S/C12H13NO/c1-13-7-6-9-10-3-2-8-14-12(10)5-4-11(9)13/h4-7H,2-3,8H2,1H3. The summed E-state index contributed by atoms with van der Waals surface area (Å²) in [6.45, 7) is 0.866. The average Bonchev–Trinajstić information content (AvgIpc) is 2.61. The minimum Gasteiger partial charge on any atom is -0.493 e. The minimum atomic E-state index is 0.866. The summed E-state index contributed by atoms with van der Waals surface area (Å²) in [6.07, 6.45) is 4.40. The molecule has 0 saturated carbocycles. The maximum atomic E-state index is 5.63. The molecule has 0 unspecified atom stereocenters. The molecule has 0 radical (unpaired) electrons. The van der Waals surface area contributed by atoms with Crippen LogP contribution in [0.1, 0.15) is 12.0 Å². The highest BCUT2D eigenvalue weighted by Crippen LogP contribution is 2.32. The second-order valence-electron chi connectivity index (χ2n) is 3.85. The highest BCUT2D eigenvalue weighted by molar-refractivity contribution is 5.86. The van der Waals surface area contributed by atoms with Gasteiger partial charge in [-0.25, -0.2) is 0 Å². The second kappa shape index (κ2) is 2.77. The molecule has 14 heavy (non-hydrogen) atoms. The van der Waals surface area contributed by atoms with Crippen LogP contribution in [-0.4, -0.2) is 11.2 Å². The summed E-state index contributed by atoms with van der Waals surface area (Å²) in [4.78, 5) is 0. The van der Waals surface area contributed by atoms with Crippen molar-refractivity contribution in [1.82, 2.24) is 4.57 Å². The number of nitrogens with zero attached hydrogens (tertiary/aromatic N) is 1. The van der Waals surface area contributed by atoms with Gasteiger partial charge in [0.25, 0.3) is 0 Å². The van der Waals surface area contributed by atoms with E-state index in [4.69, 9.17) is 4.74 Å². The number of rotatable bonds is 0. The van der Waals surface area contributed by atoms with Gasteiger partial charge in [-0.2, -0.15) is 0 Å². The van der Waals surface area contributed by atoms with Crippen LogP contribution in [-0.2, 0) is 13.5 Å². The van der Waals surface area contributed by atoms with Gasteiger partial charge in [0.1, 0.15) is 5.75 Å². The molecule has 1 aliphatic heterocycles. The molecule has 1 aliphatic rings. The van der Waals surface area contributed by atoms with E-state index in [-0.39, 0.29) is 0 Å². The smallest absolute Gasteiger partial charge is 0.123 e. The molecule has 1 aromatic carbocycles. The summed E-state index contributed by atoms with van der Waals surface area (Å²) in [5.74, 6) is 1.08. The van der Waals surface area contributed by atoms with E-state index >= 15 is 0 Å². The Bertz CT molecular complexity index is 484. The van der Waals surface area contributed by atoms with Crippen LogP contribution in [0.3, 0.4) is 0 Å². The molecule has 1 aromatic heterocycles. The maximum absolute atomic E-state index is 5.63. The topological polar surface area (TPSA) is 14.2 Å². The molecule has 0 bridgehead atoms. The van der Waals surface area contributed by atoms with Gasteiger partial charge in [-0.15, -0.1) is 0 Å². The van der Waals surface area contributed by atoms with Crippen LogP contribution in [0, 0.1) is 0 Å². The maximum Gasteiger partial charge on any atom is 0.123 e. The second-order valence-corrected chi connectivity index (χ2v) is 3.85. The molecular weight excluding hydrogens is 174 g/mol. The molecule has 0 amide bonds. The molecule has 72 valence electrons. The SMILES string of the molecule is Cn1ccc2c3c(ccc21)OCCC3. The summed E-state index contributed by atoms with van der Waals surface area (Å²) in [7, 11) is 2.08. The zero-order valence-corrected chi connectivity index (χ0v) is 8.29. The molecule has 0 spiro atoms. The molecule has 2 heteroatoms. The number of aromatic nitrogens is 1. The number of benzene rings is 1. The molecular formula is C12H13NO. The first-order chi connectivity index (χ1) is 6.86. The molecule has 2 nitrogen and oxygen atoms in total. The first-order valence-corrected chi connectivity index (χ1v) is 5.06. The highest BCUT2D eigenvalue weighted by atomic mass is 16.5. The van der Waals surface area contributed by atoms with Crippen molar-refractivity contribution < 1.29 is 4.74 Å². The van der Waals surface area contributed by atoms with Crippen molar-refractivity contribution in [2.45, 2.75) is 12.8 Å². The number of ether oxygens (including phenoxy) is 1. The van der Waals surface area contributed by atoms with Gasteiger partial charge in [-0.3, -0.25) is 0 Å². The fourth-order valence-corrected chi connectivity index (χ4v) is 2.22. The third kappa shape index (κ3) is 0.969. The third-order valence-corrected chi connectivity index (χ3v) is 2.96. The number of fused-ring (bicyclic) bond motifs is 3. The summed E-state index contributed by atoms with van der Waals surface area (Å²) in [5.41, 5.74) is 2.68. The lowest BCUT2D eigenvalue weighted by Gasteiger charge is -2.17. The van der Waals surface area contributed by atoms with Crippen LogP contribution in [0.4, 0.5) is 0 Å². The van der Waals surface area contributed by atoms with Crippen molar-refractivity contribution in [3.63, 3.8) is 0 Å². The van der Waals surface area contributed by atoms with Crippen LogP contribution in [0.15, 0.2) is 24.4 Å². The Morgan fingerprint density at radius 2 is 2.21 bits per heavy atom. The Balaban J connectivity index is 2.35. The Morgan fingerprint density at radius 1 is 1.29 bits per heavy atom. The normalized spacial score (nSPS) is 15.2. The lowest BCUT2D eigenvalue weighted by atomic mass is 10.0. The van der Waals surface area contributed by atoms with Crippen LogP contribution in [0.5, 0.6) is 5.75 Å². The van der Waals surface area contributed by atoms with Gasteiger partial charge in [-0.05, 0) is 31.0 Å². The molecule has 0 aliphatic carbocycles. The van der Waals surface area contributed by atoms with E-state index in [1.54, 1.807) is 0 Å². The zero-order valence-electron chi connectivity index (χ0n) is 8.29. The molecule has 2 aromatic rings. The average molecular weight is 187 g/mol. The van der Waals surface area contributed by atoms with Crippen molar-refractivity contribution in [1.29, 1.82) is 0 Å². The van der Waals surface area contributed by atoms with Crippen molar-refractivity contribution in [2.75, 3.05) is 6.61 Å². The molecule has 0 N–H and O–H groups in total. The molecule has 0 fully saturated rings. The van der Waals surface area contributed by atoms with Crippen LogP contribution in [0.2, 0.25) is 0 Å². The van der Waals surface area contributed by atoms with E-state index in [1.165, 1.54) is 16.5 Å². The van der Waals surface area contributed by atoms with Gasteiger partial charge in [0, 0.05) is 29.7 Å². The Kier molecular flexibility index (Phi) is 1.57. The minimum absolute atomic E-state index is 0.866. The van der Waals surface area contributed by atoms with Gasteiger partial charge < -0.3 is 9.30 Å². The number of aryl methyl sites for hydroxylation is 2. The number of hydrogen-bond donors (Lipinski definition) is 0. The van der Waals surface area contributed by atoms with E-state index in [1.807, 2.05) is 0 Å². The van der Waals surface area contributed by atoms with E-state index in [9.17, 15) is 0 Å². The van der Waals surface area contributed by atoms with E-state index in [0.717, 1.165) is 25.2 Å². The monoisotopic (exact) mass is 187 g/mol. The summed E-state index contributed by atoms with van der Waals surface area (Å²) in [6, 6.07) is 6.42. The van der Waals surface area contributed by atoms with Crippen LogP contribution >= 0.6 is 0 Å².